The van der Waals surface area contributed by atoms with Crippen molar-refractivity contribution in [3.8, 4) is 5.69 Å². The van der Waals surface area contributed by atoms with Crippen LogP contribution in [-0.2, 0) is 4.79 Å². The highest BCUT2D eigenvalue weighted by Gasteiger charge is 2.29. The summed E-state index contributed by atoms with van der Waals surface area (Å²) in [7, 11) is 0. The van der Waals surface area contributed by atoms with E-state index in [1.54, 1.807) is 15.4 Å². The molecule has 8 nitrogen and oxygen atoms in total. The van der Waals surface area contributed by atoms with Gasteiger partial charge in [0, 0.05) is 29.2 Å². The van der Waals surface area contributed by atoms with Crippen molar-refractivity contribution in [1.82, 2.24) is 19.3 Å². The van der Waals surface area contributed by atoms with E-state index in [-0.39, 0.29) is 23.9 Å². The molecule has 2 N–H and O–H groups in total. The number of carbonyl (C=O) groups is 1. The Hall–Kier alpha value is -4.37. The van der Waals surface area contributed by atoms with Gasteiger partial charge in [-0.2, -0.15) is 5.10 Å². The highest BCUT2D eigenvalue weighted by Crippen LogP contribution is 2.33. The summed E-state index contributed by atoms with van der Waals surface area (Å²) in [6.07, 6.45) is 1.74. The maximum absolute atomic E-state index is 13.4. The third-order valence-corrected chi connectivity index (χ3v) is 7.40. The number of aromatic nitrogens is 4. The van der Waals surface area contributed by atoms with Gasteiger partial charge in [0.25, 0.3) is 5.56 Å². The van der Waals surface area contributed by atoms with Gasteiger partial charge in [-0.1, -0.05) is 47.7 Å². The van der Waals surface area contributed by atoms with Crippen molar-refractivity contribution < 1.29 is 4.79 Å². The van der Waals surface area contributed by atoms with E-state index in [1.165, 1.54) is 11.8 Å². The SMILES string of the molecule is Cc1ccc(-n2ncc3c(=O)n4c(nc32)SCC4CC(=O)Nc2ccc(Nc3ccccc3)cc2)cc1. The average molecular weight is 509 g/mol. The van der Waals surface area contributed by atoms with Crippen molar-refractivity contribution in [1.29, 1.82) is 0 Å². The number of hydrogen-bond donors (Lipinski definition) is 2. The molecule has 184 valence electrons. The van der Waals surface area contributed by atoms with Crippen LogP contribution < -0.4 is 16.2 Å². The van der Waals surface area contributed by atoms with Crippen LogP contribution in [0.5, 0.6) is 0 Å². The van der Waals surface area contributed by atoms with E-state index in [9.17, 15) is 9.59 Å². The fourth-order valence-electron chi connectivity index (χ4n) is 4.41. The molecular formula is C28H24N6O2S. The summed E-state index contributed by atoms with van der Waals surface area (Å²) in [4.78, 5) is 31.0. The first-order valence-corrected chi connectivity index (χ1v) is 13.0. The highest BCUT2D eigenvalue weighted by molar-refractivity contribution is 7.99. The Kier molecular flexibility index (Phi) is 5.97. The fraction of sp³-hybridized carbons (Fsp3) is 0.143. The number of nitrogens with zero attached hydrogens (tertiary/aromatic N) is 4. The lowest BCUT2D eigenvalue weighted by atomic mass is 10.2. The average Bonchev–Trinajstić information content (AvgIpc) is 3.51. The zero-order valence-electron chi connectivity index (χ0n) is 20.1. The Morgan fingerprint density at radius 3 is 2.43 bits per heavy atom. The second-order valence-electron chi connectivity index (χ2n) is 8.98. The first-order chi connectivity index (χ1) is 18.0. The third-order valence-electron chi connectivity index (χ3n) is 6.30. The van der Waals surface area contributed by atoms with Crippen LogP contribution in [0.2, 0.25) is 0 Å². The second kappa shape index (κ2) is 9.59. The number of amides is 1. The summed E-state index contributed by atoms with van der Waals surface area (Å²) in [5.74, 6) is 0.463. The number of thioether (sulfide) groups is 1. The molecule has 0 fully saturated rings. The van der Waals surface area contributed by atoms with Gasteiger partial charge in [-0.15, -0.1) is 0 Å². The second-order valence-corrected chi connectivity index (χ2v) is 9.97. The molecule has 9 heteroatoms. The van der Waals surface area contributed by atoms with Crippen LogP contribution in [0.25, 0.3) is 16.7 Å². The van der Waals surface area contributed by atoms with Gasteiger partial charge in [0.1, 0.15) is 5.39 Å². The lowest BCUT2D eigenvalue weighted by Gasteiger charge is -2.14. The molecule has 0 spiro atoms. The zero-order valence-corrected chi connectivity index (χ0v) is 20.9. The number of anilines is 3. The summed E-state index contributed by atoms with van der Waals surface area (Å²) in [5.41, 5.74) is 4.98. The standard InChI is InChI=1S/C28H24N6O2S/c1-18-7-13-22(14-8-18)34-26-24(16-29-34)27(36)33-23(17-37-28(33)32-26)15-25(35)31-21-11-9-20(10-12-21)30-19-5-3-2-4-6-19/h2-14,16,23,30H,15,17H2,1H3,(H,31,35). The van der Waals surface area contributed by atoms with Crippen LogP contribution in [0.4, 0.5) is 17.1 Å². The Morgan fingerprint density at radius 1 is 0.973 bits per heavy atom. The van der Waals surface area contributed by atoms with Crippen molar-refractivity contribution in [3.63, 3.8) is 0 Å². The van der Waals surface area contributed by atoms with Crippen LogP contribution in [-0.4, -0.2) is 31.0 Å². The number of carbonyl (C=O) groups excluding carboxylic acids is 1. The van der Waals surface area contributed by atoms with Gasteiger partial charge < -0.3 is 10.6 Å². The molecule has 1 aliphatic heterocycles. The van der Waals surface area contributed by atoms with Crippen LogP contribution >= 0.6 is 11.8 Å². The number of benzene rings is 3. The Labute approximate surface area is 217 Å². The number of aryl methyl sites for hydroxylation is 1. The number of para-hydroxylation sites is 1. The molecule has 37 heavy (non-hydrogen) atoms. The summed E-state index contributed by atoms with van der Waals surface area (Å²) in [6, 6.07) is 25.1. The van der Waals surface area contributed by atoms with Gasteiger partial charge in [0.15, 0.2) is 10.8 Å². The minimum atomic E-state index is -0.272. The monoisotopic (exact) mass is 508 g/mol. The number of nitrogens with one attached hydrogen (secondary N) is 2. The van der Waals surface area contributed by atoms with Crippen molar-refractivity contribution >= 4 is 45.8 Å². The Bertz CT molecular complexity index is 1640. The molecule has 0 saturated heterocycles. The van der Waals surface area contributed by atoms with Crippen molar-refractivity contribution in [3.05, 3.63) is 101 Å². The number of rotatable bonds is 6. The van der Waals surface area contributed by atoms with E-state index in [1.807, 2.05) is 85.8 Å². The van der Waals surface area contributed by atoms with E-state index in [4.69, 9.17) is 4.98 Å². The molecule has 0 radical (unpaired) electrons. The van der Waals surface area contributed by atoms with Crippen molar-refractivity contribution in [2.24, 2.45) is 0 Å². The first-order valence-electron chi connectivity index (χ1n) is 12.0. The predicted octanol–water partition coefficient (Wildman–Crippen LogP) is 5.31. The topological polar surface area (TPSA) is 93.8 Å². The van der Waals surface area contributed by atoms with Gasteiger partial charge >= 0.3 is 0 Å². The molecule has 3 aromatic carbocycles. The summed E-state index contributed by atoms with van der Waals surface area (Å²) in [5, 5.41) is 11.7. The Morgan fingerprint density at radius 2 is 1.68 bits per heavy atom. The number of hydrogen-bond acceptors (Lipinski definition) is 6. The van der Waals surface area contributed by atoms with Gasteiger partial charge in [-0.05, 0) is 55.5 Å². The first kappa shape index (κ1) is 23.1. The normalized spacial score (nSPS) is 14.5. The van der Waals surface area contributed by atoms with E-state index >= 15 is 0 Å². The highest BCUT2D eigenvalue weighted by atomic mass is 32.2. The summed E-state index contributed by atoms with van der Waals surface area (Å²) < 4.78 is 3.33. The smallest absolute Gasteiger partial charge is 0.265 e. The molecule has 0 saturated carbocycles. The molecule has 1 amide bonds. The van der Waals surface area contributed by atoms with E-state index in [2.05, 4.69) is 15.7 Å². The van der Waals surface area contributed by atoms with Crippen LogP contribution in [0.3, 0.4) is 0 Å². The molecule has 0 aliphatic carbocycles. The van der Waals surface area contributed by atoms with E-state index < -0.39 is 0 Å². The molecule has 6 rings (SSSR count). The molecule has 3 heterocycles. The minimum absolute atomic E-state index is 0.149. The molecule has 5 aromatic rings. The maximum Gasteiger partial charge on any atom is 0.265 e. The third kappa shape index (κ3) is 4.61. The van der Waals surface area contributed by atoms with Gasteiger partial charge in [-0.25, -0.2) is 9.67 Å². The zero-order chi connectivity index (χ0) is 25.4. The van der Waals surface area contributed by atoms with Crippen molar-refractivity contribution in [2.45, 2.75) is 24.5 Å². The predicted molar refractivity (Wildman–Crippen MR) is 147 cm³/mol. The lowest BCUT2D eigenvalue weighted by molar-refractivity contribution is -0.116. The minimum Gasteiger partial charge on any atom is -0.356 e. The molecule has 1 atom stereocenters. The molecule has 0 bridgehead atoms. The molecular weight excluding hydrogens is 484 g/mol. The van der Waals surface area contributed by atoms with Crippen molar-refractivity contribution in [2.75, 3.05) is 16.4 Å². The van der Waals surface area contributed by atoms with Crippen LogP contribution in [0, 0.1) is 6.92 Å². The maximum atomic E-state index is 13.4. The van der Waals surface area contributed by atoms with E-state index in [0.717, 1.165) is 22.6 Å². The molecule has 2 aromatic heterocycles. The number of fused-ring (bicyclic) bond motifs is 2. The molecule has 1 aliphatic rings. The van der Waals surface area contributed by atoms with Gasteiger partial charge in [-0.3, -0.25) is 14.2 Å². The molecule has 1 unspecified atom stereocenters. The Balaban J connectivity index is 1.17. The van der Waals surface area contributed by atoms with Gasteiger partial charge in [0.2, 0.25) is 5.91 Å². The largest absolute Gasteiger partial charge is 0.356 e. The fourth-order valence-corrected chi connectivity index (χ4v) is 5.54. The van der Waals surface area contributed by atoms with Gasteiger partial charge in [0.05, 0.1) is 17.9 Å². The van der Waals surface area contributed by atoms with Crippen LogP contribution in [0.15, 0.2) is 95.0 Å². The van der Waals surface area contributed by atoms with E-state index in [0.29, 0.717) is 27.6 Å². The summed E-state index contributed by atoms with van der Waals surface area (Å²) in [6.45, 7) is 2.02. The quantitative estimate of drug-likeness (QED) is 0.302. The van der Waals surface area contributed by atoms with Crippen LogP contribution in [0.1, 0.15) is 18.0 Å². The summed E-state index contributed by atoms with van der Waals surface area (Å²) >= 11 is 1.49. The lowest BCUT2D eigenvalue weighted by Crippen LogP contribution is -2.27.